The van der Waals surface area contributed by atoms with Gasteiger partial charge in [-0.1, -0.05) is 36.4 Å². The van der Waals surface area contributed by atoms with E-state index >= 15 is 0 Å². The molecule has 124 valence electrons. The fraction of sp³-hybridized carbons (Fsp3) is 0.105. The number of amides is 1. The number of anilines is 1. The number of rotatable bonds is 5. The highest BCUT2D eigenvalue weighted by atomic mass is 16.1. The highest BCUT2D eigenvalue weighted by Crippen LogP contribution is 2.15. The topological polar surface area (TPSA) is 86.5 Å². The van der Waals surface area contributed by atoms with Crippen molar-refractivity contribution in [3.8, 4) is 0 Å². The van der Waals surface area contributed by atoms with E-state index in [0.29, 0.717) is 11.5 Å². The van der Waals surface area contributed by atoms with Gasteiger partial charge in [0.2, 0.25) is 5.95 Å². The average molecular weight is 331 g/mol. The molecule has 0 bridgehead atoms. The molecule has 0 atom stereocenters. The van der Waals surface area contributed by atoms with Crippen molar-refractivity contribution < 1.29 is 4.79 Å². The quantitative estimate of drug-likeness (QED) is 0.524. The van der Waals surface area contributed by atoms with Crippen molar-refractivity contribution >= 4 is 22.8 Å². The number of hydrogen-bond donors (Lipinski definition) is 3. The van der Waals surface area contributed by atoms with E-state index in [0.717, 1.165) is 29.6 Å². The van der Waals surface area contributed by atoms with E-state index in [1.54, 1.807) is 6.07 Å². The predicted molar refractivity (Wildman–Crippen MR) is 96.5 cm³/mol. The number of carbonyl (C=O) groups excluding carboxylic acids is 1. The van der Waals surface area contributed by atoms with Crippen LogP contribution in [-0.4, -0.2) is 26.1 Å². The molecule has 25 heavy (non-hydrogen) atoms. The molecule has 0 saturated heterocycles. The number of hydrogen-bond acceptors (Lipinski definition) is 3. The number of aryl methyl sites for hydroxylation is 2. The zero-order valence-corrected chi connectivity index (χ0v) is 13.5. The molecule has 4 rings (SSSR count). The van der Waals surface area contributed by atoms with Crippen LogP contribution in [0.25, 0.3) is 10.9 Å². The molecule has 0 fully saturated rings. The Morgan fingerprint density at radius 1 is 1.04 bits per heavy atom. The Balaban J connectivity index is 1.40. The first-order valence-electron chi connectivity index (χ1n) is 8.12. The summed E-state index contributed by atoms with van der Waals surface area (Å²) < 4.78 is 0. The molecule has 0 radical (unpaired) electrons. The molecule has 0 aliphatic heterocycles. The molecular formula is C19H17N5O. The molecule has 4 aromatic rings. The Hall–Kier alpha value is -3.41. The van der Waals surface area contributed by atoms with E-state index < -0.39 is 0 Å². The number of benzene rings is 2. The van der Waals surface area contributed by atoms with Crippen LogP contribution in [-0.2, 0) is 12.8 Å². The van der Waals surface area contributed by atoms with Crippen LogP contribution in [0.2, 0.25) is 0 Å². The number of carbonyl (C=O) groups is 1. The normalized spacial score (nSPS) is 10.9. The number of nitrogens with one attached hydrogen (secondary N) is 3. The van der Waals surface area contributed by atoms with E-state index in [4.69, 9.17) is 0 Å². The summed E-state index contributed by atoms with van der Waals surface area (Å²) >= 11 is 0. The van der Waals surface area contributed by atoms with Gasteiger partial charge in [0.15, 0.2) is 0 Å². The standard InChI is InChI=1S/C19H17N5O/c25-18(15-8-7-14-10-11-20-16(14)12-15)22-19-21-17(23-24-19)9-6-13-4-2-1-3-5-13/h1-5,7-8,10-12,20H,6,9H2,(H2,21,22,23,24,25). The van der Waals surface area contributed by atoms with Gasteiger partial charge in [-0.15, -0.1) is 5.10 Å². The van der Waals surface area contributed by atoms with Crippen LogP contribution in [0, 0.1) is 0 Å². The molecule has 0 spiro atoms. The lowest BCUT2D eigenvalue weighted by molar-refractivity contribution is 0.102. The fourth-order valence-electron chi connectivity index (χ4n) is 2.73. The summed E-state index contributed by atoms with van der Waals surface area (Å²) in [6.45, 7) is 0. The third kappa shape index (κ3) is 3.42. The Kier molecular flexibility index (Phi) is 4.00. The van der Waals surface area contributed by atoms with Gasteiger partial charge in [-0.3, -0.25) is 15.2 Å². The van der Waals surface area contributed by atoms with Crippen molar-refractivity contribution in [1.29, 1.82) is 0 Å². The highest BCUT2D eigenvalue weighted by Gasteiger charge is 2.11. The minimum atomic E-state index is -0.231. The number of H-pyrrole nitrogens is 2. The van der Waals surface area contributed by atoms with E-state index in [9.17, 15) is 4.79 Å². The lowest BCUT2D eigenvalue weighted by Gasteiger charge is -2.01. The second-order valence-corrected chi connectivity index (χ2v) is 5.83. The second-order valence-electron chi connectivity index (χ2n) is 5.83. The zero-order valence-electron chi connectivity index (χ0n) is 13.5. The molecule has 6 heteroatoms. The minimum Gasteiger partial charge on any atom is -0.361 e. The van der Waals surface area contributed by atoms with Crippen LogP contribution in [0.1, 0.15) is 21.7 Å². The molecule has 0 unspecified atom stereocenters. The van der Waals surface area contributed by atoms with Crippen molar-refractivity contribution in [2.24, 2.45) is 0 Å². The van der Waals surface area contributed by atoms with E-state index in [1.807, 2.05) is 42.6 Å². The van der Waals surface area contributed by atoms with Crippen molar-refractivity contribution in [3.05, 3.63) is 77.7 Å². The van der Waals surface area contributed by atoms with Crippen LogP contribution in [0.15, 0.2) is 60.8 Å². The number of aromatic nitrogens is 4. The van der Waals surface area contributed by atoms with E-state index in [2.05, 4.69) is 37.6 Å². The number of nitrogens with zero attached hydrogens (tertiary/aromatic N) is 2. The number of aromatic amines is 2. The summed E-state index contributed by atoms with van der Waals surface area (Å²) in [5.41, 5.74) is 2.72. The molecule has 2 aromatic heterocycles. The van der Waals surface area contributed by atoms with Gasteiger partial charge >= 0.3 is 0 Å². The fourth-order valence-corrected chi connectivity index (χ4v) is 2.73. The monoisotopic (exact) mass is 331 g/mol. The van der Waals surface area contributed by atoms with E-state index in [-0.39, 0.29) is 5.91 Å². The van der Waals surface area contributed by atoms with Gasteiger partial charge < -0.3 is 4.98 Å². The maximum Gasteiger partial charge on any atom is 0.258 e. The average Bonchev–Trinajstić information content (AvgIpc) is 3.29. The van der Waals surface area contributed by atoms with Gasteiger partial charge in [0.1, 0.15) is 5.82 Å². The van der Waals surface area contributed by atoms with Crippen LogP contribution in [0.4, 0.5) is 5.95 Å². The Morgan fingerprint density at radius 3 is 2.80 bits per heavy atom. The zero-order chi connectivity index (χ0) is 17.1. The van der Waals surface area contributed by atoms with Gasteiger partial charge in [0.05, 0.1) is 0 Å². The molecule has 3 N–H and O–H groups in total. The molecule has 0 aliphatic carbocycles. The number of fused-ring (bicyclic) bond motifs is 1. The summed E-state index contributed by atoms with van der Waals surface area (Å²) in [5.74, 6) is 0.809. The molecule has 0 aliphatic rings. The molecule has 2 heterocycles. The molecule has 1 amide bonds. The van der Waals surface area contributed by atoms with Crippen molar-refractivity contribution in [1.82, 2.24) is 20.2 Å². The van der Waals surface area contributed by atoms with Crippen LogP contribution < -0.4 is 5.32 Å². The van der Waals surface area contributed by atoms with Crippen LogP contribution in [0.5, 0.6) is 0 Å². The maximum absolute atomic E-state index is 12.3. The third-order valence-corrected chi connectivity index (χ3v) is 4.07. The largest absolute Gasteiger partial charge is 0.361 e. The van der Waals surface area contributed by atoms with Gasteiger partial charge in [-0.25, -0.2) is 0 Å². The molecule has 6 nitrogen and oxygen atoms in total. The summed E-state index contributed by atoms with van der Waals surface area (Å²) in [4.78, 5) is 19.8. The summed E-state index contributed by atoms with van der Waals surface area (Å²) in [5, 5.41) is 10.7. The SMILES string of the molecule is O=C(Nc1n[nH]c(CCc2ccccc2)n1)c1ccc2cc[nH]c2c1. The third-order valence-electron chi connectivity index (χ3n) is 4.07. The Labute approximate surface area is 144 Å². The first-order chi connectivity index (χ1) is 12.3. The van der Waals surface area contributed by atoms with Gasteiger partial charge in [0, 0.05) is 23.7 Å². The van der Waals surface area contributed by atoms with Gasteiger partial charge in [-0.05, 0) is 35.6 Å². The van der Waals surface area contributed by atoms with Crippen LogP contribution >= 0.6 is 0 Å². The smallest absolute Gasteiger partial charge is 0.258 e. The highest BCUT2D eigenvalue weighted by molar-refractivity contribution is 6.05. The maximum atomic E-state index is 12.3. The molecule has 2 aromatic carbocycles. The summed E-state index contributed by atoms with van der Waals surface area (Å²) in [6, 6.07) is 17.7. The second kappa shape index (κ2) is 6.60. The van der Waals surface area contributed by atoms with Crippen molar-refractivity contribution in [3.63, 3.8) is 0 Å². The van der Waals surface area contributed by atoms with Gasteiger partial charge in [-0.2, -0.15) is 4.98 Å². The first-order valence-corrected chi connectivity index (χ1v) is 8.12. The molecular weight excluding hydrogens is 314 g/mol. The van der Waals surface area contributed by atoms with Crippen molar-refractivity contribution in [2.75, 3.05) is 5.32 Å². The minimum absolute atomic E-state index is 0.231. The lowest BCUT2D eigenvalue weighted by atomic mass is 10.1. The lowest BCUT2D eigenvalue weighted by Crippen LogP contribution is -2.13. The summed E-state index contributed by atoms with van der Waals surface area (Å²) in [6.07, 6.45) is 3.45. The molecule has 0 saturated carbocycles. The summed E-state index contributed by atoms with van der Waals surface area (Å²) in [7, 11) is 0. The van der Waals surface area contributed by atoms with Crippen LogP contribution in [0.3, 0.4) is 0 Å². The van der Waals surface area contributed by atoms with Gasteiger partial charge in [0.25, 0.3) is 5.91 Å². The Bertz CT molecular complexity index is 1000. The predicted octanol–water partition coefficient (Wildman–Crippen LogP) is 3.32. The Morgan fingerprint density at radius 2 is 1.92 bits per heavy atom. The van der Waals surface area contributed by atoms with Crippen molar-refractivity contribution in [2.45, 2.75) is 12.8 Å². The first kappa shape index (κ1) is 15.1. The van der Waals surface area contributed by atoms with E-state index in [1.165, 1.54) is 5.56 Å².